The van der Waals surface area contributed by atoms with Gasteiger partial charge in [-0.15, -0.1) is 5.10 Å². The third kappa shape index (κ3) is 4.37. The lowest BCUT2D eigenvalue weighted by Gasteiger charge is -2.08. The van der Waals surface area contributed by atoms with Gasteiger partial charge in [0.05, 0.1) is 11.4 Å². The zero-order chi connectivity index (χ0) is 18.5. The van der Waals surface area contributed by atoms with E-state index in [2.05, 4.69) is 36.8 Å². The summed E-state index contributed by atoms with van der Waals surface area (Å²) in [4.78, 5) is 24.2. The first-order valence-corrected chi connectivity index (χ1v) is 8.44. The Hall–Kier alpha value is -2.94. The number of benzene rings is 2. The number of Topliss-reactive ketones (excluding diaryl/α,β-unsaturated/α-hetero) is 1. The number of halogens is 2. The molecule has 0 aliphatic carbocycles. The number of rotatable bonds is 6. The molecule has 0 bridgehead atoms. The van der Waals surface area contributed by atoms with Crippen LogP contribution in [0.15, 0.2) is 53.3 Å². The van der Waals surface area contributed by atoms with Crippen molar-refractivity contribution in [2.45, 2.75) is 12.8 Å². The molecule has 26 heavy (non-hydrogen) atoms. The third-order valence-electron chi connectivity index (χ3n) is 3.58. The molecular weight excluding hydrogens is 405 g/mol. The van der Waals surface area contributed by atoms with Crippen molar-refractivity contribution in [1.29, 1.82) is 0 Å². The van der Waals surface area contributed by atoms with Gasteiger partial charge in [0.25, 0.3) is 0 Å². The predicted molar refractivity (Wildman–Crippen MR) is 95.4 cm³/mol. The average molecular weight is 418 g/mol. The number of carbonyl (C=O) groups excluding carboxylic acids is 2. The fourth-order valence-corrected chi connectivity index (χ4v) is 2.52. The van der Waals surface area contributed by atoms with Crippen molar-refractivity contribution >= 4 is 33.3 Å². The predicted octanol–water partition coefficient (Wildman–Crippen LogP) is 3.17. The Bertz CT molecular complexity index is 929. The van der Waals surface area contributed by atoms with Gasteiger partial charge in [-0.1, -0.05) is 28.1 Å². The highest BCUT2D eigenvalue weighted by molar-refractivity contribution is 9.10. The number of hydrogen-bond acceptors (Lipinski definition) is 5. The van der Waals surface area contributed by atoms with Crippen LogP contribution in [0.25, 0.3) is 5.69 Å². The van der Waals surface area contributed by atoms with Crippen molar-refractivity contribution in [2.75, 3.05) is 5.32 Å². The number of anilines is 1. The van der Waals surface area contributed by atoms with E-state index < -0.39 is 11.7 Å². The second-order valence-corrected chi connectivity index (χ2v) is 6.31. The first-order chi connectivity index (χ1) is 12.5. The molecule has 1 amide bonds. The van der Waals surface area contributed by atoms with E-state index in [1.54, 1.807) is 24.3 Å². The quantitative estimate of drug-likeness (QED) is 0.622. The van der Waals surface area contributed by atoms with Crippen LogP contribution in [0, 0.1) is 5.82 Å². The van der Waals surface area contributed by atoms with Crippen molar-refractivity contribution < 1.29 is 14.0 Å². The molecule has 0 atom stereocenters. The van der Waals surface area contributed by atoms with Crippen LogP contribution in [0.3, 0.4) is 0 Å². The highest BCUT2D eigenvalue weighted by atomic mass is 79.9. The van der Waals surface area contributed by atoms with Crippen molar-refractivity contribution in [3.05, 3.63) is 64.6 Å². The molecular formula is C17H13BrFN5O2. The van der Waals surface area contributed by atoms with Gasteiger partial charge in [0.15, 0.2) is 5.78 Å². The number of amides is 1. The monoisotopic (exact) mass is 417 g/mol. The summed E-state index contributed by atoms with van der Waals surface area (Å²) >= 11 is 3.30. The molecule has 0 saturated carbocycles. The van der Waals surface area contributed by atoms with Crippen molar-refractivity contribution in [3.8, 4) is 5.69 Å². The topological polar surface area (TPSA) is 89.8 Å². The summed E-state index contributed by atoms with van der Waals surface area (Å²) in [6.45, 7) is 0. The number of nitrogens with zero attached hydrogens (tertiary/aromatic N) is 4. The Morgan fingerprint density at radius 1 is 1.12 bits per heavy atom. The highest BCUT2D eigenvalue weighted by Crippen LogP contribution is 2.19. The molecule has 0 fully saturated rings. The molecule has 0 radical (unpaired) electrons. The van der Waals surface area contributed by atoms with Crippen LogP contribution in [0.4, 0.5) is 10.1 Å². The standard InChI is InChI=1S/C17H13BrFN5O2/c18-12-3-1-11(2-4-12)16(25)7-8-17(26)21-15-9-13(5-6-14(15)19)24-10-20-22-23-24/h1-6,9-10H,7-8H2,(H,21,26). The van der Waals surface area contributed by atoms with Gasteiger partial charge in [-0.05, 0) is 40.8 Å². The second kappa shape index (κ2) is 7.96. The zero-order valence-electron chi connectivity index (χ0n) is 13.4. The Labute approximate surface area is 156 Å². The minimum absolute atomic E-state index is 0.000842. The maximum absolute atomic E-state index is 13.9. The lowest BCUT2D eigenvalue weighted by atomic mass is 10.1. The second-order valence-electron chi connectivity index (χ2n) is 5.40. The summed E-state index contributed by atoms with van der Waals surface area (Å²) in [5.74, 6) is -1.20. The van der Waals surface area contributed by atoms with Crippen LogP contribution >= 0.6 is 15.9 Å². The number of carbonyl (C=O) groups is 2. The van der Waals surface area contributed by atoms with Gasteiger partial charge < -0.3 is 5.32 Å². The zero-order valence-corrected chi connectivity index (χ0v) is 15.0. The average Bonchev–Trinajstić information content (AvgIpc) is 3.17. The molecule has 0 saturated heterocycles. The van der Waals surface area contributed by atoms with Crippen molar-refractivity contribution in [2.24, 2.45) is 0 Å². The molecule has 3 rings (SSSR count). The number of nitrogens with one attached hydrogen (secondary N) is 1. The molecule has 9 heteroatoms. The molecule has 132 valence electrons. The molecule has 0 spiro atoms. The number of aromatic nitrogens is 4. The van der Waals surface area contributed by atoms with Crippen LogP contribution in [-0.4, -0.2) is 31.9 Å². The Morgan fingerprint density at radius 2 is 1.88 bits per heavy atom. The lowest BCUT2D eigenvalue weighted by molar-refractivity contribution is -0.116. The largest absolute Gasteiger partial charge is 0.324 e. The minimum Gasteiger partial charge on any atom is -0.324 e. The minimum atomic E-state index is -0.589. The van der Waals surface area contributed by atoms with Gasteiger partial charge in [0, 0.05) is 22.9 Å². The summed E-state index contributed by atoms with van der Waals surface area (Å²) in [7, 11) is 0. The van der Waals surface area contributed by atoms with Gasteiger partial charge >= 0.3 is 0 Å². The smallest absolute Gasteiger partial charge is 0.224 e. The summed E-state index contributed by atoms with van der Waals surface area (Å²) < 4.78 is 16.1. The van der Waals surface area contributed by atoms with Crippen LogP contribution in [-0.2, 0) is 4.79 Å². The summed E-state index contributed by atoms with van der Waals surface area (Å²) in [6, 6.07) is 11.0. The Kier molecular flexibility index (Phi) is 5.47. The molecule has 1 heterocycles. The van der Waals surface area contributed by atoms with E-state index in [1.807, 2.05) is 0 Å². The molecule has 2 aromatic carbocycles. The van der Waals surface area contributed by atoms with Crippen LogP contribution in [0.5, 0.6) is 0 Å². The fraction of sp³-hybridized carbons (Fsp3) is 0.118. The van der Waals surface area contributed by atoms with Gasteiger partial charge in [-0.25, -0.2) is 9.07 Å². The van der Waals surface area contributed by atoms with E-state index in [0.29, 0.717) is 11.3 Å². The van der Waals surface area contributed by atoms with Gasteiger partial charge in [-0.3, -0.25) is 9.59 Å². The molecule has 0 unspecified atom stereocenters. The van der Waals surface area contributed by atoms with E-state index in [-0.39, 0.29) is 24.3 Å². The van der Waals surface area contributed by atoms with E-state index in [0.717, 1.165) is 4.47 Å². The van der Waals surface area contributed by atoms with E-state index in [4.69, 9.17) is 0 Å². The van der Waals surface area contributed by atoms with Gasteiger partial charge in [0.2, 0.25) is 5.91 Å². The molecule has 1 aromatic heterocycles. The van der Waals surface area contributed by atoms with Crippen molar-refractivity contribution in [3.63, 3.8) is 0 Å². The maximum Gasteiger partial charge on any atom is 0.224 e. The van der Waals surface area contributed by atoms with Gasteiger partial charge in [0.1, 0.15) is 12.1 Å². The summed E-state index contributed by atoms with van der Waals surface area (Å²) in [6.07, 6.45) is 1.33. The molecule has 3 aromatic rings. The van der Waals surface area contributed by atoms with Crippen LogP contribution < -0.4 is 5.32 Å². The maximum atomic E-state index is 13.9. The third-order valence-corrected chi connectivity index (χ3v) is 4.11. The number of tetrazole rings is 1. The lowest BCUT2D eigenvalue weighted by Crippen LogP contribution is -2.15. The molecule has 7 nitrogen and oxygen atoms in total. The van der Waals surface area contributed by atoms with E-state index >= 15 is 0 Å². The van der Waals surface area contributed by atoms with E-state index in [1.165, 1.54) is 29.2 Å². The van der Waals surface area contributed by atoms with E-state index in [9.17, 15) is 14.0 Å². The SMILES string of the molecule is O=C(CCC(=O)c1ccc(Br)cc1)Nc1cc(-n2cnnn2)ccc1F. The molecule has 0 aliphatic heterocycles. The number of hydrogen-bond donors (Lipinski definition) is 1. The van der Waals surface area contributed by atoms with Crippen LogP contribution in [0.1, 0.15) is 23.2 Å². The van der Waals surface area contributed by atoms with Crippen LogP contribution in [0.2, 0.25) is 0 Å². The van der Waals surface area contributed by atoms with Crippen molar-refractivity contribution in [1.82, 2.24) is 20.2 Å². The molecule has 0 aliphatic rings. The summed E-state index contributed by atoms with van der Waals surface area (Å²) in [5.41, 5.74) is 1.02. The molecule has 1 N–H and O–H groups in total. The number of ketones is 1. The first kappa shape index (κ1) is 17.9. The highest BCUT2D eigenvalue weighted by Gasteiger charge is 2.12. The first-order valence-electron chi connectivity index (χ1n) is 7.64. The fourth-order valence-electron chi connectivity index (χ4n) is 2.25. The Morgan fingerprint density at radius 3 is 2.58 bits per heavy atom. The summed E-state index contributed by atoms with van der Waals surface area (Å²) in [5, 5.41) is 13.2. The Balaban J connectivity index is 1.62. The normalized spacial score (nSPS) is 10.5. The van der Waals surface area contributed by atoms with Gasteiger partial charge in [-0.2, -0.15) is 0 Å².